The van der Waals surface area contributed by atoms with Crippen LogP contribution in [0.15, 0.2) is 30.5 Å². The molecule has 0 saturated heterocycles. The van der Waals surface area contributed by atoms with E-state index in [1.165, 1.54) is 23.9 Å². The predicted molar refractivity (Wildman–Crippen MR) is 87.1 cm³/mol. The fraction of sp³-hybridized carbons (Fsp3) is 0.471. The topological polar surface area (TPSA) is 37.4 Å². The first-order valence-electron chi connectivity index (χ1n) is 7.65. The van der Waals surface area contributed by atoms with E-state index in [1.807, 2.05) is 12.3 Å². The molecule has 1 aliphatic rings. The van der Waals surface area contributed by atoms with Crippen LogP contribution >= 0.6 is 0 Å². The van der Waals surface area contributed by atoms with Gasteiger partial charge in [0.25, 0.3) is 0 Å². The molecule has 1 aromatic heterocycles. The second kappa shape index (κ2) is 6.31. The number of ether oxygens (including phenoxy) is 1. The molecule has 0 unspecified atom stereocenters. The molecule has 1 aromatic carbocycles. The first-order valence-corrected chi connectivity index (χ1v) is 7.65. The lowest BCUT2D eigenvalue weighted by Crippen LogP contribution is -2.15. The van der Waals surface area contributed by atoms with Crippen LogP contribution in [0.1, 0.15) is 19.3 Å². The summed E-state index contributed by atoms with van der Waals surface area (Å²) < 4.78 is 5.84. The van der Waals surface area contributed by atoms with Gasteiger partial charge < -0.3 is 15.0 Å². The first-order chi connectivity index (χ1) is 10.2. The number of rotatable bonds is 7. The van der Waals surface area contributed by atoms with E-state index >= 15 is 0 Å². The normalized spacial score (nSPS) is 14.6. The zero-order chi connectivity index (χ0) is 14.7. The van der Waals surface area contributed by atoms with Gasteiger partial charge in [-0.05, 0) is 63.0 Å². The van der Waals surface area contributed by atoms with E-state index in [-0.39, 0.29) is 0 Å². The Labute approximate surface area is 126 Å². The van der Waals surface area contributed by atoms with E-state index in [4.69, 9.17) is 4.74 Å². The molecule has 0 atom stereocenters. The van der Waals surface area contributed by atoms with Gasteiger partial charge in [0.15, 0.2) is 0 Å². The summed E-state index contributed by atoms with van der Waals surface area (Å²) in [7, 11) is 4.15. The molecule has 0 radical (unpaired) electrons. The van der Waals surface area contributed by atoms with Crippen LogP contribution < -0.4 is 10.1 Å². The summed E-state index contributed by atoms with van der Waals surface area (Å²) in [6.45, 7) is 1.73. The van der Waals surface area contributed by atoms with Gasteiger partial charge in [0.2, 0.25) is 5.88 Å². The number of anilines is 1. The van der Waals surface area contributed by atoms with Crippen LogP contribution in [0.2, 0.25) is 0 Å². The van der Waals surface area contributed by atoms with Crippen LogP contribution in [-0.2, 0) is 0 Å². The van der Waals surface area contributed by atoms with Crippen molar-refractivity contribution in [1.82, 2.24) is 9.88 Å². The van der Waals surface area contributed by atoms with Crippen molar-refractivity contribution in [3.63, 3.8) is 0 Å². The number of nitrogens with zero attached hydrogens (tertiary/aromatic N) is 2. The average Bonchev–Trinajstić information content (AvgIpc) is 3.27. The second-order valence-corrected chi connectivity index (χ2v) is 5.98. The van der Waals surface area contributed by atoms with Crippen molar-refractivity contribution in [3.05, 3.63) is 30.5 Å². The van der Waals surface area contributed by atoms with Crippen LogP contribution in [0.5, 0.6) is 5.88 Å². The van der Waals surface area contributed by atoms with E-state index in [2.05, 4.69) is 47.5 Å². The van der Waals surface area contributed by atoms with Crippen LogP contribution in [-0.4, -0.2) is 43.2 Å². The Hall–Kier alpha value is -1.81. The quantitative estimate of drug-likeness (QED) is 0.793. The number of hydrogen-bond acceptors (Lipinski definition) is 4. The number of nitrogens with one attached hydrogen (secondary N) is 1. The first kappa shape index (κ1) is 14.1. The van der Waals surface area contributed by atoms with Gasteiger partial charge in [-0.15, -0.1) is 0 Å². The third-order valence-corrected chi connectivity index (χ3v) is 3.66. The molecule has 3 rings (SSSR count). The van der Waals surface area contributed by atoms with E-state index in [1.54, 1.807) is 0 Å². The van der Waals surface area contributed by atoms with Crippen molar-refractivity contribution in [3.8, 4) is 5.88 Å². The van der Waals surface area contributed by atoms with Crippen molar-refractivity contribution in [1.29, 1.82) is 0 Å². The molecule has 0 bridgehead atoms. The summed E-state index contributed by atoms with van der Waals surface area (Å²) in [6.07, 6.45) is 5.40. The lowest BCUT2D eigenvalue weighted by molar-refractivity contribution is 0.276. The third kappa shape index (κ3) is 3.85. The fourth-order valence-corrected chi connectivity index (χ4v) is 2.37. The molecular formula is C17H23N3O. The predicted octanol–water partition coefficient (Wildman–Crippen LogP) is 3.14. The minimum absolute atomic E-state index is 0.672. The average molecular weight is 285 g/mol. The summed E-state index contributed by atoms with van der Waals surface area (Å²) in [5, 5.41) is 5.79. The summed E-state index contributed by atoms with van der Waals surface area (Å²) in [6, 6.07) is 9.12. The molecule has 21 heavy (non-hydrogen) atoms. The summed E-state index contributed by atoms with van der Waals surface area (Å²) in [5.74, 6) is 0.740. The van der Waals surface area contributed by atoms with Crippen molar-refractivity contribution in [2.24, 2.45) is 0 Å². The molecule has 2 aromatic rings. The maximum Gasteiger partial charge on any atom is 0.221 e. The van der Waals surface area contributed by atoms with Crippen molar-refractivity contribution >= 4 is 16.5 Å². The van der Waals surface area contributed by atoms with Gasteiger partial charge in [-0.25, -0.2) is 4.98 Å². The van der Waals surface area contributed by atoms with Gasteiger partial charge in [-0.2, -0.15) is 0 Å². The smallest absolute Gasteiger partial charge is 0.221 e. The molecule has 0 amide bonds. The standard InChI is InChI=1S/C17H23N3O/c1-20(2)10-3-11-21-17-16-7-6-15(19-14-4-5-14)12-13(16)8-9-18-17/h6-9,12,14,19H,3-5,10-11H2,1-2H3. The van der Waals surface area contributed by atoms with Crippen LogP contribution in [0.3, 0.4) is 0 Å². The largest absolute Gasteiger partial charge is 0.477 e. The molecule has 1 heterocycles. The van der Waals surface area contributed by atoms with Gasteiger partial charge in [0.05, 0.1) is 6.61 Å². The lowest BCUT2D eigenvalue weighted by Gasteiger charge is -2.12. The lowest BCUT2D eigenvalue weighted by atomic mass is 10.1. The molecular weight excluding hydrogens is 262 g/mol. The monoisotopic (exact) mass is 285 g/mol. The van der Waals surface area contributed by atoms with E-state index in [0.717, 1.165) is 24.2 Å². The zero-order valence-corrected chi connectivity index (χ0v) is 12.8. The highest BCUT2D eigenvalue weighted by atomic mass is 16.5. The van der Waals surface area contributed by atoms with Crippen LogP contribution in [0.25, 0.3) is 10.8 Å². The Kier molecular flexibility index (Phi) is 4.25. The molecule has 1 aliphatic carbocycles. The van der Waals surface area contributed by atoms with Gasteiger partial charge in [-0.3, -0.25) is 0 Å². The number of aromatic nitrogens is 1. The molecule has 1 N–H and O–H groups in total. The molecule has 0 aliphatic heterocycles. The highest BCUT2D eigenvalue weighted by Gasteiger charge is 2.20. The Morgan fingerprint density at radius 2 is 2.14 bits per heavy atom. The summed E-state index contributed by atoms with van der Waals surface area (Å²) in [4.78, 5) is 6.53. The molecule has 1 fully saturated rings. The Morgan fingerprint density at radius 3 is 2.90 bits per heavy atom. The molecule has 4 heteroatoms. The van der Waals surface area contributed by atoms with E-state index in [0.29, 0.717) is 12.6 Å². The highest BCUT2D eigenvalue weighted by molar-refractivity contribution is 5.89. The van der Waals surface area contributed by atoms with Crippen LogP contribution in [0.4, 0.5) is 5.69 Å². The Morgan fingerprint density at radius 1 is 1.29 bits per heavy atom. The minimum Gasteiger partial charge on any atom is -0.477 e. The van der Waals surface area contributed by atoms with Crippen molar-refractivity contribution in [2.75, 3.05) is 32.6 Å². The maximum atomic E-state index is 5.84. The van der Waals surface area contributed by atoms with E-state index in [9.17, 15) is 0 Å². The molecule has 1 saturated carbocycles. The van der Waals surface area contributed by atoms with E-state index < -0.39 is 0 Å². The van der Waals surface area contributed by atoms with Crippen molar-refractivity contribution < 1.29 is 4.74 Å². The number of benzene rings is 1. The number of hydrogen-bond donors (Lipinski definition) is 1. The van der Waals surface area contributed by atoms with Gasteiger partial charge in [-0.1, -0.05) is 0 Å². The number of fused-ring (bicyclic) bond motifs is 1. The Bertz CT molecular complexity index is 608. The van der Waals surface area contributed by atoms with Gasteiger partial charge in [0.1, 0.15) is 0 Å². The second-order valence-electron chi connectivity index (χ2n) is 5.98. The summed E-state index contributed by atoms with van der Waals surface area (Å²) in [5.41, 5.74) is 1.19. The molecule has 112 valence electrons. The minimum atomic E-state index is 0.672. The SMILES string of the molecule is CN(C)CCCOc1nccc2cc(NC3CC3)ccc12. The molecule has 0 spiro atoms. The number of pyridine rings is 1. The van der Waals surface area contributed by atoms with Gasteiger partial charge in [0, 0.05) is 29.9 Å². The zero-order valence-electron chi connectivity index (χ0n) is 12.8. The van der Waals surface area contributed by atoms with Crippen LogP contribution in [0, 0.1) is 0 Å². The maximum absolute atomic E-state index is 5.84. The fourth-order valence-electron chi connectivity index (χ4n) is 2.37. The highest BCUT2D eigenvalue weighted by Crippen LogP contribution is 2.29. The van der Waals surface area contributed by atoms with Crippen molar-refractivity contribution in [2.45, 2.75) is 25.3 Å². The van der Waals surface area contributed by atoms with Gasteiger partial charge >= 0.3 is 0 Å². The third-order valence-electron chi connectivity index (χ3n) is 3.66. The summed E-state index contributed by atoms with van der Waals surface area (Å²) >= 11 is 0. The molecule has 4 nitrogen and oxygen atoms in total. The Balaban J connectivity index is 1.69.